The van der Waals surface area contributed by atoms with Crippen LogP contribution in [0.5, 0.6) is 0 Å². The monoisotopic (exact) mass is 456 g/mol. The SMILES string of the molecule is CN(C)C(=O)[C@H]1CN(CC2(O)CCN(c3ccc(F)cc3)CC2)CCN(S(C)(=O)=O)C1. The van der Waals surface area contributed by atoms with Gasteiger partial charge >= 0.3 is 0 Å². The van der Waals surface area contributed by atoms with Crippen molar-refractivity contribution >= 4 is 21.6 Å². The fraction of sp³-hybridized carbons (Fsp3) is 0.667. The number of sulfonamides is 1. The zero-order valence-electron chi connectivity index (χ0n) is 18.5. The minimum absolute atomic E-state index is 0.112. The Kier molecular flexibility index (Phi) is 7.25. The van der Waals surface area contributed by atoms with Gasteiger partial charge in [-0.2, -0.15) is 0 Å². The molecule has 0 spiro atoms. The first-order chi connectivity index (χ1) is 14.5. The number of piperidine rings is 1. The molecule has 1 aromatic carbocycles. The first kappa shape index (κ1) is 23.9. The second kappa shape index (κ2) is 9.40. The molecule has 8 nitrogen and oxygen atoms in total. The standard InChI is InChI=1S/C21H33FN4O4S/c1-23(2)20(27)17-14-24(12-13-26(15-17)31(3,29)30)16-21(28)8-10-25(11-9-21)19-6-4-18(22)5-7-19/h4-7,17,28H,8-16H2,1-3H3/t17-/m0/s1. The molecule has 3 rings (SSSR count). The van der Waals surface area contributed by atoms with Gasteiger partial charge in [0.2, 0.25) is 15.9 Å². The maximum atomic E-state index is 13.2. The summed E-state index contributed by atoms with van der Waals surface area (Å²) in [5.74, 6) is -0.864. The summed E-state index contributed by atoms with van der Waals surface area (Å²) in [6, 6.07) is 6.35. The smallest absolute Gasteiger partial charge is 0.227 e. The normalized spacial score (nSPS) is 23.4. The minimum Gasteiger partial charge on any atom is -0.388 e. The van der Waals surface area contributed by atoms with Crippen LogP contribution in [0, 0.1) is 11.7 Å². The van der Waals surface area contributed by atoms with Crippen molar-refractivity contribution < 1.29 is 22.7 Å². The van der Waals surface area contributed by atoms with E-state index in [0.717, 1.165) is 5.69 Å². The Morgan fingerprint density at radius 3 is 2.29 bits per heavy atom. The first-order valence-electron chi connectivity index (χ1n) is 10.6. The lowest BCUT2D eigenvalue weighted by atomic mass is 9.90. The molecule has 1 atom stereocenters. The van der Waals surface area contributed by atoms with Crippen LogP contribution in [0.25, 0.3) is 0 Å². The summed E-state index contributed by atoms with van der Waals surface area (Å²) in [6.07, 6.45) is 2.25. The third-order valence-corrected chi connectivity index (χ3v) is 7.50. The zero-order chi connectivity index (χ0) is 22.8. The molecule has 1 amide bonds. The number of benzene rings is 1. The minimum atomic E-state index is -3.41. The van der Waals surface area contributed by atoms with Crippen molar-refractivity contribution in [1.29, 1.82) is 0 Å². The predicted octanol–water partition coefficient (Wildman–Crippen LogP) is 0.439. The lowest BCUT2D eigenvalue weighted by Gasteiger charge is -2.42. The Balaban J connectivity index is 1.66. The van der Waals surface area contributed by atoms with Gasteiger partial charge in [0.1, 0.15) is 5.82 Å². The van der Waals surface area contributed by atoms with Crippen LogP contribution < -0.4 is 4.90 Å². The van der Waals surface area contributed by atoms with Gasteiger partial charge in [-0.25, -0.2) is 17.1 Å². The van der Waals surface area contributed by atoms with Gasteiger partial charge in [0, 0.05) is 65.6 Å². The molecule has 2 aliphatic rings. The summed E-state index contributed by atoms with van der Waals surface area (Å²) in [4.78, 5) is 18.3. The first-order valence-corrected chi connectivity index (χ1v) is 12.4. The Bertz CT molecular complexity index is 870. The second-order valence-corrected chi connectivity index (χ2v) is 11.0. The average Bonchev–Trinajstić information content (AvgIpc) is 2.91. The average molecular weight is 457 g/mol. The number of anilines is 1. The topological polar surface area (TPSA) is 84.4 Å². The van der Waals surface area contributed by atoms with Crippen LogP contribution in [0.1, 0.15) is 12.8 Å². The number of carbonyl (C=O) groups is 1. The molecule has 0 aromatic heterocycles. The predicted molar refractivity (Wildman–Crippen MR) is 118 cm³/mol. The molecule has 0 saturated carbocycles. The summed E-state index contributed by atoms with van der Waals surface area (Å²) in [5, 5.41) is 11.2. The molecule has 2 aliphatic heterocycles. The van der Waals surface area contributed by atoms with Gasteiger partial charge in [-0.05, 0) is 37.1 Å². The largest absolute Gasteiger partial charge is 0.388 e. The Hall–Kier alpha value is -1.75. The number of β-amino-alcohol motifs (C(OH)–C–C–N with tert-alkyl or cyclic N) is 1. The Labute approximate surface area is 184 Å². The summed E-state index contributed by atoms with van der Waals surface area (Å²) >= 11 is 0. The van der Waals surface area contributed by atoms with E-state index in [-0.39, 0.29) is 18.3 Å². The summed E-state index contributed by atoms with van der Waals surface area (Å²) in [7, 11) is -0.0786. The highest BCUT2D eigenvalue weighted by molar-refractivity contribution is 7.88. The summed E-state index contributed by atoms with van der Waals surface area (Å²) in [6.45, 7) is 3.01. The number of halogens is 1. The Morgan fingerprint density at radius 1 is 1.13 bits per heavy atom. The van der Waals surface area contributed by atoms with Gasteiger partial charge in [-0.1, -0.05) is 0 Å². The molecule has 174 valence electrons. The van der Waals surface area contributed by atoms with Crippen molar-refractivity contribution in [2.45, 2.75) is 18.4 Å². The molecule has 2 fully saturated rings. The number of rotatable bonds is 5. The fourth-order valence-corrected chi connectivity index (χ4v) is 5.29. The summed E-state index contributed by atoms with van der Waals surface area (Å²) in [5.41, 5.74) is 0.0151. The van der Waals surface area contributed by atoms with Crippen LogP contribution in [0.4, 0.5) is 10.1 Å². The maximum Gasteiger partial charge on any atom is 0.227 e. The molecule has 2 heterocycles. The van der Waals surface area contributed by atoms with Crippen LogP contribution in [0.15, 0.2) is 24.3 Å². The third-order valence-electron chi connectivity index (χ3n) is 6.23. The fourth-order valence-electron chi connectivity index (χ4n) is 4.42. The number of nitrogens with zero attached hydrogens (tertiary/aromatic N) is 4. The highest BCUT2D eigenvalue weighted by Crippen LogP contribution is 2.28. The molecular weight excluding hydrogens is 423 g/mol. The van der Waals surface area contributed by atoms with Crippen molar-refractivity contribution in [2.75, 3.05) is 71.1 Å². The van der Waals surface area contributed by atoms with E-state index in [0.29, 0.717) is 52.1 Å². The summed E-state index contributed by atoms with van der Waals surface area (Å²) < 4.78 is 38.8. The van der Waals surface area contributed by atoms with Gasteiger partial charge in [-0.15, -0.1) is 0 Å². The lowest BCUT2D eigenvalue weighted by molar-refractivity contribution is -0.133. The quantitative estimate of drug-likeness (QED) is 0.692. The molecule has 10 heteroatoms. The van der Waals surface area contributed by atoms with Crippen LogP contribution in [0.3, 0.4) is 0 Å². The van der Waals surface area contributed by atoms with Crippen molar-refractivity contribution in [3.63, 3.8) is 0 Å². The van der Waals surface area contributed by atoms with Crippen LogP contribution in [0.2, 0.25) is 0 Å². The van der Waals surface area contributed by atoms with Crippen LogP contribution >= 0.6 is 0 Å². The van der Waals surface area contributed by atoms with Crippen molar-refractivity contribution in [2.24, 2.45) is 5.92 Å². The molecule has 1 aromatic rings. The van der Waals surface area contributed by atoms with Crippen LogP contribution in [-0.4, -0.2) is 105 Å². The number of carbonyl (C=O) groups excluding carboxylic acids is 1. The molecule has 0 unspecified atom stereocenters. The molecule has 0 radical (unpaired) electrons. The molecule has 31 heavy (non-hydrogen) atoms. The van der Waals surface area contributed by atoms with Gasteiger partial charge in [-0.3, -0.25) is 9.69 Å². The van der Waals surface area contributed by atoms with Crippen LogP contribution in [-0.2, 0) is 14.8 Å². The zero-order valence-corrected chi connectivity index (χ0v) is 19.3. The maximum absolute atomic E-state index is 13.2. The van der Waals surface area contributed by atoms with E-state index in [9.17, 15) is 22.7 Å². The molecule has 0 bridgehead atoms. The van der Waals surface area contributed by atoms with E-state index < -0.39 is 21.5 Å². The van der Waals surface area contributed by atoms with E-state index >= 15 is 0 Å². The van der Waals surface area contributed by atoms with E-state index in [1.165, 1.54) is 27.6 Å². The molecular formula is C21H33FN4O4S. The highest BCUT2D eigenvalue weighted by Gasteiger charge is 2.38. The highest BCUT2D eigenvalue weighted by atomic mass is 32.2. The number of hydrogen-bond donors (Lipinski definition) is 1. The lowest BCUT2D eigenvalue weighted by Crippen LogP contribution is -2.52. The molecule has 0 aliphatic carbocycles. The number of hydrogen-bond acceptors (Lipinski definition) is 6. The second-order valence-electron chi connectivity index (χ2n) is 8.97. The molecule has 1 N–H and O–H groups in total. The van der Waals surface area contributed by atoms with E-state index in [2.05, 4.69) is 4.90 Å². The third kappa shape index (κ3) is 6.15. The number of aliphatic hydroxyl groups is 1. The Morgan fingerprint density at radius 2 is 1.74 bits per heavy atom. The van der Waals surface area contributed by atoms with Gasteiger partial charge < -0.3 is 14.9 Å². The van der Waals surface area contributed by atoms with Crippen molar-refractivity contribution in [3.8, 4) is 0 Å². The van der Waals surface area contributed by atoms with Gasteiger partial charge in [0.15, 0.2) is 0 Å². The van der Waals surface area contributed by atoms with Crippen molar-refractivity contribution in [1.82, 2.24) is 14.1 Å². The van der Waals surface area contributed by atoms with Gasteiger partial charge in [0.05, 0.1) is 17.8 Å². The van der Waals surface area contributed by atoms with E-state index in [1.807, 2.05) is 4.90 Å². The number of amides is 1. The van der Waals surface area contributed by atoms with E-state index in [1.54, 1.807) is 26.2 Å². The van der Waals surface area contributed by atoms with Gasteiger partial charge in [0.25, 0.3) is 0 Å². The van der Waals surface area contributed by atoms with E-state index in [4.69, 9.17) is 0 Å². The molecule has 2 saturated heterocycles. The van der Waals surface area contributed by atoms with Crippen molar-refractivity contribution in [3.05, 3.63) is 30.1 Å².